The van der Waals surface area contributed by atoms with Crippen molar-refractivity contribution in [2.24, 2.45) is 0 Å². The van der Waals surface area contributed by atoms with Gasteiger partial charge < -0.3 is 4.74 Å². The molecule has 0 aliphatic rings. The van der Waals surface area contributed by atoms with Crippen molar-refractivity contribution in [2.45, 2.75) is 13.0 Å². The number of hydrogen-bond acceptors (Lipinski definition) is 4. The minimum atomic E-state index is -0.770. The molecule has 3 aromatic rings. The lowest BCUT2D eigenvalue weighted by Gasteiger charge is -2.14. The molecular formula is C13H9BrF2N4O. The third kappa shape index (κ3) is 2.71. The van der Waals surface area contributed by atoms with Gasteiger partial charge in [0, 0.05) is 6.07 Å². The zero-order chi connectivity index (χ0) is 15.0. The Morgan fingerprint density at radius 3 is 2.86 bits per heavy atom. The third-order valence-electron chi connectivity index (χ3n) is 2.86. The van der Waals surface area contributed by atoms with Gasteiger partial charge in [-0.05, 0) is 35.0 Å². The lowest BCUT2D eigenvalue weighted by molar-refractivity contribution is 0.207. The Labute approximate surface area is 126 Å². The second kappa shape index (κ2) is 5.36. The van der Waals surface area contributed by atoms with Crippen molar-refractivity contribution in [1.29, 1.82) is 0 Å². The van der Waals surface area contributed by atoms with Crippen molar-refractivity contribution in [3.05, 3.63) is 52.5 Å². The first-order valence-corrected chi connectivity index (χ1v) is 6.82. The highest BCUT2D eigenvalue weighted by Crippen LogP contribution is 2.23. The highest BCUT2D eigenvalue weighted by atomic mass is 79.9. The fourth-order valence-electron chi connectivity index (χ4n) is 1.86. The number of ether oxygens (including phenoxy) is 1. The molecule has 0 amide bonds. The van der Waals surface area contributed by atoms with E-state index in [1.165, 1.54) is 4.52 Å². The van der Waals surface area contributed by atoms with Gasteiger partial charge in [-0.15, -0.1) is 5.10 Å². The number of aromatic nitrogens is 4. The van der Waals surface area contributed by atoms with Gasteiger partial charge in [0.1, 0.15) is 16.5 Å². The first-order chi connectivity index (χ1) is 10.0. The molecule has 8 heteroatoms. The van der Waals surface area contributed by atoms with Crippen LogP contribution >= 0.6 is 15.9 Å². The molecule has 3 aromatic heterocycles. The molecule has 1 atom stereocenters. The summed E-state index contributed by atoms with van der Waals surface area (Å²) in [5, 5.41) is 4.20. The van der Waals surface area contributed by atoms with Crippen molar-refractivity contribution in [3.63, 3.8) is 0 Å². The van der Waals surface area contributed by atoms with Gasteiger partial charge in [0.2, 0.25) is 11.8 Å². The number of imidazole rings is 1. The SMILES string of the molecule is CC(Oc1ccc2ncc(Br)n2n1)c1cc(F)cnc1F. The van der Waals surface area contributed by atoms with Crippen LogP contribution in [0, 0.1) is 11.8 Å². The van der Waals surface area contributed by atoms with Crippen LogP contribution in [0.2, 0.25) is 0 Å². The smallest absolute Gasteiger partial charge is 0.232 e. The van der Waals surface area contributed by atoms with Gasteiger partial charge in [-0.2, -0.15) is 4.39 Å². The second-order valence-corrected chi connectivity index (χ2v) is 5.13. The predicted octanol–water partition coefficient (Wildman–Crippen LogP) is 3.31. The first-order valence-electron chi connectivity index (χ1n) is 6.02. The number of rotatable bonds is 3. The summed E-state index contributed by atoms with van der Waals surface area (Å²) in [6.07, 6.45) is 1.69. The standard InChI is InChI=1S/C13H9BrF2N4O/c1-7(9-4-8(15)5-18-13(9)16)21-12-3-2-11-17-6-10(14)20(11)19-12/h2-7H,1H3. The van der Waals surface area contributed by atoms with Crippen LogP contribution in [0.3, 0.4) is 0 Å². The molecule has 1 unspecified atom stereocenters. The van der Waals surface area contributed by atoms with Crippen LogP contribution in [0.15, 0.2) is 35.2 Å². The van der Waals surface area contributed by atoms with E-state index in [0.29, 0.717) is 10.3 Å². The lowest BCUT2D eigenvalue weighted by Crippen LogP contribution is -2.09. The Kier molecular flexibility index (Phi) is 3.54. The van der Waals surface area contributed by atoms with Gasteiger partial charge >= 0.3 is 0 Å². The number of halogens is 3. The Balaban J connectivity index is 1.90. The van der Waals surface area contributed by atoms with Gasteiger partial charge in [0.15, 0.2) is 5.65 Å². The maximum Gasteiger partial charge on any atom is 0.232 e. The van der Waals surface area contributed by atoms with Gasteiger partial charge in [-0.1, -0.05) is 0 Å². The first kappa shape index (κ1) is 13.9. The minimum absolute atomic E-state index is 0.0293. The molecule has 5 nitrogen and oxygen atoms in total. The normalized spacial score (nSPS) is 12.6. The Morgan fingerprint density at radius 2 is 2.05 bits per heavy atom. The van der Waals surface area contributed by atoms with Crippen molar-refractivity contribution in [1.82, 2.24) is 19.6 Å². The number of pyridine rings is 1. The predicted molar refractivity (Wildman–Crippen MR) is 73.9 cm³/mol. The van der Waals surface area contributed by atoms with E-state index in [4.69, 9.17) is 4.74 Å². The van der Waals surface area contributed by atoms with E-state index in [1.807, 2.05) is 0 Å². The molecule has 0 fully saturated rings. The highest BCUT2D eigenvalue weighted by molar-refractivity contribution is 9.10. The fourth-order valence-corrected chi connectivity index (χ4v) is 2.22. The topological polar surface area (TPSA) is 52.3 Å². The summed E-state index contributed by atoms with van der Waals surface area (Å²) in [7, 11) is 0. The van der Waals surface area contributed by atoms with E-state index in [0.717, 1.165) is 12.3 Å². The minimum Gasteiger partial charge on any atom is -0.469 e. The third-order valence-corrected chi connectivity index (χ3v) is 3.41. The molecule has 3 rings (SSSR count). The van der Waals surface area contributed by atoms with E-state index < -0.39 is 17.9 Å². The van der Waals surface area contributed by atoms with Crippen molar-refractivity contribution >= 4 is 21.6 Å². The van der Waals surface area contributed by atoms with Crippen LogP contribution in [-0.4, -0.2) is 19.6 Å². The molecule has 0 bridgehead atoms. The van der Waals surface area contributed by atoms with E-state index in [-0.39, 0.29) is 11.4 Å². The Bertz CT molecular complexity index is 808. The molecule has 0 radical (unpaired) electrons. The molecule has 21 heavy (non-hydrogen) atoms. The fraction of sp³-hybridized carbons (Fsp3) is 0.154. The molecule has 0 aromatic carbocycles. The quantitative estimate of drug-likeness (QED) is 0.677. The van der Waals surface area contributed by atoms with Crippen LogP contribution in [0.4, 0.5) is 8.78 Å². The van der Waals surface area contributed by atoms with Crippen LogP contribution in [0.25, 0.3) is 5.65 Å². The molecule has 0 aliphatic carbocycles. The summed E-state index contributed by atoms with van der Waals surface area (Å²) in [5.41, 5.74) is 0.669. The van der Waals surface area contributed by atoms with E-state index >= 15 is 0 Å². The maximum absolute atomic E-state index is 13.6. The summed E-state index contributed by atoms with van der Waals surface area (Å²) in [6, 6.07) is 4.37. The summed E-state index contributed by atoms with van der Waals surface area (Å²) >= 11 is 3.30. The van der Waals surface area contributed by atoms with E-state index in [9.17, 15) is 8.78 Å². The van der Waals surface area contributed by atoms with Crippen molar-refractivity contribution in [3.8, 4) is 5.88 Å². The molecule has 0 saturated heterocycles. The molecule has 0 aliphatic heterocycles. The largest absolute Gasteiger partial charge is 0.469 e. The zero-order valence-electron chi connectivity index (χ0n) is 10.8. The summed E-state index contributed by atoms with van der Waals surface area (Å²) in [5.74, 6) is -1.13. The molecule has 108 valence electrons. The van der Waals surface area contributed by atoms with Gasteiger partial charge in [0.05, 0.1) is 18.0 Å². The van der Waals surface area contributed by atoms with Gasteiger partial charge in [-0.25, -0.2) is 18.9 Å². The molecule has 0 spiro atoms. The van der Waals surface area contributed by atoms with Crippen LogP contribution in [-0.2, 0) is 0 Å². The number of nitrogens with zero attached hydrogens (tertiary/aromatic N) is 4. The van der Waals surface area contributed by atoms with Crippen LogP contribution < -0.4 is 4.74 Å². The Hall–Kier alpha value is -2.09. The average Bonchev–Trinajstić information content (AvgIpc) is 2.83. The van der Waals surface area contributed by atoms with Crippen molar-refractivity contribution < 1.29 is 13.5 Å². The van der Waals surface area contributed by atoms with Crippen LogP contribution in [0.5, 0.6) is 5.88 Å². The molecule has 0 saturated carbocycles. The molecule has 3 heterocycles. The van der Waals surface area contributed by atoms with E-state index in [1.54, 1.807) is 25.3 Å². The highest BCUT2D eigenvalue weighted by Gasteiger charge is 2.16. The lowest BCUT2D eigenvalue weighted by atomic mass is 10.2. The second-order valence-electron chi connectivity index (χ2n) is 4.32. The van der Waals surface area contributed by atoms with E-state index in [2.05, 4.69) is 31.0 Å². The molecular weight excluding hydrogens is 346 g/mol. The van der Waals surface area contributed by atoms with Gasteiger partial charge in [-0.3, -0.25) is 0 Å². The zero-order valence-corrected chi connectivity index (χ0v) is 12.4. The van der Waals surface area contributed by atoms with Crippen LogP contribution in [0.1, 0.15) is 18.6 Å². The molecule has 0 N–H and O–H groups in total. The van der Waals surface area contributed by atoms with Gasteiger partial charge in [0.25, 0.3) is 0 Å². The average molecular weight is 355 g/mol. The summed E-state index contributed by atoms with van der Waals surface area (Å²) in [6.45, 7) is 1.59. The Morgan fingerprint density at radius 1 is 1.24 bits per heavy atom. The number of hydrogen-bond donors (Lipinski definition) is 0. The maximum atomic E-state index is 13.6. The number of fused-ring (bicyclic) bond motifs is 1. The summed E-state index contributed by atoms with van der Waals surface area (Å²) in [4.78, 5) is 7.43. The van der Waals surface area contributed by atoms with Crippen molar-refractivity contribution in [2.75, 3.05) is 0 Å². The summed E-state index contributed by atoms with van der Waals surface area (Å²) < 4.78 is 34.5. The monoisotopic (exact) mass is 354 g/mol.